The van der Waals surface area contributed by atoms with Crippen molar-refractivity contribution in [3.8, 4) is 10.7 Å². The average Bonchev–Trinajstić information content (AvgIpc) is 3.44. The van der Waals surface area contributed by atoms with Gasteiger partial charge in [0.25, 0.3) is 0 Å². The highest BCUT2D eigenvalue weighted by Crippen LogP contribution is 2.33. The van der Waals surface area contributed by atoms with Crippen LogP contribution in [0.4, 0.5) is 0 Å². The third kappa shape index (κ3) is 3.55. The van der Waals surface area contributed by atoms with Gasteiger partial charge in [-0.15, -0.1) is 21.5 Å². The maximum Gasteiger partial charge on any atom is 0.233 e. The number of rotatable bonds is 6. The molecule has 1 amide bonds. The van der Waals surface area contributed by atoms with E-state index in [1.54, 1.807) is 11.3 Å². The first kappa shape index (κ1) is 18.3. The molecule has 0 aliphatic carbocycles. The molecule has 8 heteroatoms. The number of aromatic nitrogens is 4. The number of nitrogens with zero attached hydrogens (tertiary/aromatic N) is 5. The van der Waals surface area contributed by atoms with Crippen LogP contribution in [0.2, 0.25) is 0 Å². The Morgan fingerprint density at radius 2 is 2.22 bits per heavy atom. The van der Waals surface area contributed by atoms with Crippen LogP contribution >= 0.6 is 23.1 Å². The molecule has 1 aliphatic rings. The highest BCUT2D eigenvalue weighted by atomic mass is 32.2. The van der Waals surface area contributed by atoms with E-state index >= 15 is 0 Å². The summed E-state index contributed by atoms with van der Waals surface area (Å²) in [6.45, 7) is 3.70. The molecule has 0 aromatic carbocycles. The quantitative estimate of drug-likeness (QED) is 0.589. The lowest BCUT2D eigenvalue weighted by Crippen LogP contribution is -2.32. The third-order valence-electron chi connectivity index (χ3n) is 5.00. The van der Waals surface area contributed by atoms with Gasteiger partial charge >= 0.3 is 0 Å². The van der Waals surface area contributed by atoms with E-state index < -0.39 is 0 Å². The summed E-state index contributed by atoms with van der Waals surface area (Å²) in [7, 11) is 2.04. The van der Waals surface area contributed by atoms with Crippen molar-refractivity contribution in [2.24, 2.45) is 7.05 Å². The largest absolute Gasteiger partial charge is 0.353 e. The van der Waals surface area contributed by atoms with Gasteiger partial charge in [-0.3, -0.25) is 4.79 Å². The fourth-order valence-corrected chi connectivity index (χ4v) is 5.28. The lowest BCUT2D eigenvalue weighted by molar-refractivity contribution is -0.129. The summed E-state index contributed by atoms with van der Waals surface area (Å²) in [6, 6.07) is 8.41. The molecule has 27 heavy (non-hydrogen) atoms. The van der Waals surface area contributed by atoms with Crippen molar-refractivity contribution < 1.29 is 4.79 Å². The minimum atomic E-state index is 0.173. The van der Waals surface area contributed by atoms with Crippen LogP contribution in [0.5, 0.6) is 0 Å². The van der Waals surface area contributed by atoms with Crippen LogP contribution < -0.4 is 0 Å². The molecule has 1 fully saturated rings. The first-order valence-electron chi connectivity index (χ1n) is 9.19. The lowest BCUT2D eigenvalue weighted by atomic mass is 10.1. The highest BCUT2D eigenvalue weighted by Gasteiger charge is 2.31. The second-order valence-corrected chi connectivity index (χ2v) is 8.50. The summed E-state index contributed by atoms with van der Waals surface area (Å²) in [6.07, 6.45) is 4.13. The Morgan fingerprint density at radius 3 is 2.93 bits per heavy atom. The van der Waals surface area contributed by atoms with E-state index in [1.165, 1.54) is 17.5 Å². The second kappa shape index (κ2) is 7.90. The number of carbonyl (C=O) groups excluding carboxylic acids is 1. The van der Waals surface area contributed by atoms with Crippen LogP contribution in [0.1, 0.15) is 31.5 Å². The molecule has 1 unspecified atom stereocenters. The minimum absolute atomic E-state index is 0.173. The number of amides is 1. The SMILES string of the molecule is CCn1c(SCC(=O)N2CCCC2c2cccn2C)nnc1-c1cccs1. The molecule has 0 bridgehead atoms. The molecule has 0 saturated carbocycles. The van der Waals surface area contributed by atoms with Gasteiger partial charge in [-0.05, 0) is 43.3 Å². The van der Waals surface area contributed by atoms with E-state index in [0.29, 0.717) is 5.75 Å². The molecule has 1 saturated heterocycles. The standard InChI is InChI=1S/C19H23N5OS2/c1-3-23-18(16-9-6-12-26-16)20-21-19(23)27-13-17(25)24-11-5-8-15(24)14-7-4-10-22(14)2/h4,6-7,9-10,12,15H,3,5,8,11,13H2,1-2H3. The summed E-state index contributed by atoms with van der Waals surface area (Å²) in [5.74, 6) is 1.45. The highest BCUT2D eigenvalue weighted by molar-refractivity contribution is 7.99. The van der Waals surface area contributed by atoms with Crippen molar-refractivity contribution in [1.82, 2.24) is 24.2 Å². The fourth-order valence-electron chi connectivity index (χ4n) is 3.67. The molecule has 4 heterocycles. The second-order valence-electron chi connectivity index (χ2n) is 6.61. The Bertz CT molecular complexity index is 915. The summed E-state index contributed by atoms with van der Waals surface area (Å²) in [4.78, 5) is 16.0. The molecular weight excluding hydrogens is 378 g/mol. The average molecular weight is 402 g/mol. The van der Waals surface area contributed by atoms with Crippen LogP contribution in [0.25, 0.3) is 10.7 Å². The summed E-state index contributed by atoms with van der Waals surface area (Å²) < 4.78 is 4.20. The number of carbonyl (C=O) groups is 1. The molecule has 3 aromatic rings. The normalized spacial score (nSPS) is 17.0. The maximum atomic E-state index is 12.9. The predicted molar refractivity (Wildman–Crippen MR) is 109 cm³/mol. The monoisotopic (exact) mass is 401 g/mol. The number of likely N-dealkylation sites (tertiary alicyclic amines) is 1. The van der Waals surface area contributed by atoms with E-state index in [1.807, 2.05) is 35.7 Å². The number of thioether (sulfide) groups is 1. The smallest absolute Gasteiger partial charge is 0.233 e. The third-order valence-corrected chi connectivity index (χ3v) is 6.82. The molecule has 4 rings (SSSR count). The zero-order valence-corrected chi connectivity index (χ0v) is 17.2. The minimum Gasteiger partial charge on any atom is -0.353 e. The number of hydrogen-bond donors (Lipinski definition) is 0. The van der Waals surface area contributed by atoms with Crippen molar-refractivity contribution in [2.75, 3.05) is 12.3 Å². The number of hydrogen-bond acceptors (Lipinski definition) is 5. The van der Waals surface area contributed by atoms with Gasteiger partial charge in [0.05, 0.1) is 16.7 Å². The van der Waals surface area contributed by atoms with E-state index in [4.69, 9.17) is 0 Å². The van der Waals surface area contributed by atoms with Gasteiger partial charge in [0.2, 0.25) is 5.91 Å². The van der Waals surface area contributed by atoms with Gasteiger partial charge in [-0.25, -0.2) is 0 Å². The molecule has 6 nitrogen and oxygen atoms in total. The number of aryl methyl sites for hydroxylation is 1. The fraction of sp³-hybridized carbons (Fsp3) is 0.421. The Morgan fingerprint density at radius 1 is 1.33 bits per heavy atom. The van der Waals surface area contributed by atoms with E-state index in [9.17, 15) is 4.79 Å². The zero-order valence-electron chi connectivity index (χ0n) is 15.5. The van der Waals surface area contributed by atoms with Crippen molar-refractivity contribution in [2.45, 2.75) is 37.5 Å². The van der Waals surface area contributed by atoms with Gasteiger partial charge in [0, 0.05) is 32.0 Å². The van der Waals surface area contributed by atoms with E-state index in [0.717, 1.165) is 41.8 Å². The van der Waals surface area contributed by atoms with Crippen LogP contribution in [0.15, 0.2) is 41.0 Å². The molecule has 1 atom stereocenters. The van der Waals surface area contributed by atoms with Gasteiger partial charge in [-0.1, -0.05) is 17.8 Å². The van der Waals surface area contributed by atoms with Crippen LogP contribution in [-0.4, -0.2) is 42.4 Å². The van der Waals surface area contributed by atoms with Crippen molar-refractivity contribution in [1.29, 1.82) is 0 Å². The van der Waals surface area contributed by atoms with Crippen LogP contribution in [0, 0.1) is 0 Å². The van der Waals surface area contributed by atoms with Gasteiger partial charge < -0.3 is 14.0 Å². The summed E-state index contributed by atoms with van der Waals surface area (Å²) in [5, 5.41) is 11.5. The molecule has 0 spiro atoms. The topological polar surface area (TPSA) is 56.0 Å². The Hall–Kier alpha value is -2.06. The molecule has 0 N–H and O–H groups in total. The first-order valence-corrected chi connectivity index (χ1v) is 11.1. The van der Waals surface area contributed by atoms with Crippen molar-refractivity contribution >= 4 is 29.0 Å². The lowest BCUT2D eigenvalue weighted by Gasteiger charge is -2.25. The van der Waals surface area contributed by atoms with Crippen molar-refractivity contribution in [3.05, 3.63) is 41.5 Å². The van der Waals surface area contributed by atoms with E-state index in [2.05, 4.69) is 38.4 Å². The summed E-state index contributed by atoms with van der Waals surface area (Å²) in [5.41, 5.74) is 1.21. The first-order chi connectivity index (χ1) is 13.2. The Balaban J connectivity index is 1.46. The van der Waals surface area contributed by atoms with Gasteiger partial charge in [0.15, 0.2) is 11.0 Å². The predicted octanol–water partition coefficient (Wildman–Crippen LogP) is 3.82. The van der Waals surface area contributed by atoms with Gasteiger partial charge in [0.1, 0.15) is 0 Å². The molecular formula is C19H23N5OS2. The number of thiophene rings is 1. The Labute approximate surface area is 167 Å². The van der Waals surface area contributed by atoms with Crippen LogP contribution in [-0.2, 0) is 18.4 Å². The molecule has 142 valence electrons. The maximum absolute atomic E-state index is 12.9. The Kier molecular flexibility index (Phi) is 5.36. The van der Waals surface area contributed by atoms with Crippen LogP contribution in [0.3, 0.4) is 0 Å². The van der Waals surface area contributed by atoms with Gasteiger partial charge in [-0.2, -0.15) is 0 Å². The van der Waals surface area contributed by atoms with E-state index in [-0.39, 0.29) is 11.9 Å². The molecule has 1 aliphatic heterocycles. The van der Waals surface area contributed by atoms with Crippen molar-refractivity contribution in [3.63, 3.8) is 0 Å². The molecule has 0 radical (unpaired) electrons. The summed E-state index contributed by atoms with van der Waals surface area (Å²) >= 11 is 3.14. The molecule has 3 aromatic heterocycles. The zero-order chi connectivity index (χ0) is 18.8.